The quantitative estimate of drug-likeness (QED) is 0.843. The molecular formula is C15H20N2OS. The van der Waals surface area contributed by atoms with Gasteiger partial charge < -0.3 is 10.1 Å². The first kappa shape index (κ1) is 14.2. The van der Waals surface area contributed by atoms with Crippen LogP contribution in [0.2, 0.25) is 0 Å². The van der Waals surface area contributed by atoms with E-state index in [-0.39, 0.29) is 6.04 Å². The maximum Gasteiger partial charge on any atom is 0.107 e. The highest BCUT2D eigenvalue weighted by Gasteiger charge is 2.11. The Morgan fingerprint density at radius 3 is 2.74 bits per heavy atom. The van der Waals surface area contributed by atoms with Crippen LogP contribution in [0.1, 0.15) is 28.4 Å². The third-order valence-electron chi connectivity index (χ3n) is 2.98. The predicted molar refractivity (Wildman–Crippen MR) is 79.4 cm³/mol. The van der Waals surface area contributed by atoms with Gasteiger partial charge in [-0.3, -0.25) is 0 Å². The van der Waals surface area contributed by atoms with Crippen LogP contribution in [0, 0.1) is 0 Å². The molecule has 1 unspecified atom stereocenters. The summed E-state index contributed by atoms with van der Waals surface area (Å²) in [5.41, 5.74) is 1.25. The van der Waals surface area contributed by atoms with Gasteiger partial charge in [-0.2, -0.15) is 0 Å². The van der Waals surface area contributed by atoms with E-state index in [4.69, 9.17) is 4.74 Å². The monoisotopic (exact) mass is 276 g/mol. The molecule has 0 bridgehead atoms. The highest BCUT2D eigenvalue weighted by molar-refractivity contribution is 7.11. The summed E-state index contributed by atoms with van der Waals surface area (Å²) < 4.78 is 5.29. The summed E-state index contributed by atoms with van der Waals surface area (Å²) in [5, 5.41) is 4.65. The Kier molecular flexibility index (Phi) is 5.51. The summed E-state index contributed by atoms with van der Waals surface area (Å²) >= 11 is 1.77. The van der Waals surface area contributed by atoms with Crippen LogP contribution in [0.15, 0.2) is 36.5 Å². The van der Waals surface area contributed by atoms with Gasteiger partial charge in [0.25, 0.3) is 0 Å². The Hall–Kier alpha value is -1.23. The molecule has 0 spiro atoms. The van der Waals surface area contributed by atoms with E-state index in [0.717, 1.165) is 18.0 Å². The van der Waals surface area contributed by atoms with E-state index in [1.807, 2.05) is 12.3 Å². The molecule has 0 saturated heterocycles. The Balaban J connectivity index is 1.97. The van der Waals surface area contributed by atoms with Crippen molar-refractivity contribution in [3.8, 4) is 0 Å². The second-order valence-electron chi connectivity index (χ2n) is 4.37. The summed E-state index contributed by atoms with van der Waals surface area (Å²) in [7, 11) is 1.73. The zero-order chi connectivity index (χ0) is 13.5. The van der Waals surface area contributed by atoms with Crippen LogP contribution in [0.4, 0.5) is 0 Å². The lowest BCUT2D eigenvalue weighted by Crippen LogP contribution is -2.24. The van der Waals surface area contributed by atoms with Crippen LogP contribution in [-0.2, 0) is 17.7 Å². The van der Waals surface area contributed by atoms with E-state index in [2.05, 4.69) is 41.5 Å². The number of thiazole rings is 1. The number of nitrogens with zero attached hydrogens (tertiary/aromatic N) is 1. The topological polar surface area (TPSA) is 34.2 Å². The highest BCUT2D eigenvalue weighted by atomic mass is 32.1. The molecule has 0 aliphatic rings. The first-order valence-corrected chi connectivity index (χ1v) is 7.36. The number of hydrogen-bond donors (Lipinski definition) is 1. The van der Waals surface area contributed by atoms with Gasteiger partial charge in [0.1, 0.15) is 5.01 Å². The first-order chi connectivity index (χ1) is 9.33. The summed E-state index contributed by atoms with van der Waals surface area (Å²) in [6.07, 6.45) is 3.02. The van der Waals surface area contributed by atoms with Crippen molar-refractivity contribution < 1.29 is 4.74 Å². The zero-order valence-electron chi connectivity index (χ0n) is 11.4. The van der Waals surface area contributed by atoms with Crippen molar-refractivity contribution in [1.29, 1.82) is 0 Å². The minimum absolute atomic E-state index is 0.208. The first-order valence-electron chi connectivity index (χ1n) is 6.54. The Morgan fingerprint density at radius 1 is 1.32 bits per heavy atom. The van der Waals surface area contributed by atoms with Gasteiger partial charge in [0, 0.05) is 24.7 Å². The lowest BCUT2D eigenvalue weighted by Gasteiger charge is -2.17. The summed E-state index contributed by atoms with van der Waals surface area (Å²) in [5.74, 6) is 0. The van der Waals surface area contributed by atoms with Gasteiger partial charge in [-0.25, -0.2) is 4.98 Å². The van der Waals surface area contributed by atoms with Crippen molar-refractivity contribution in [2.45, 2.75) is 25.9 Å². The Morgan fingerprint density at radius 2 is 2.11 bits per heavy atom. The third kappa shape index (κ3) is 4.13. The number of benzene rings is 1. The fourth-order valence-corrected chi connectivity index (χ4v) is 2.74. The highest BCUT2D eigenvalue weighted by Crippen LogP contribution is 2.16. The van der Waals surface area contributed by atoms with E-state index in [1.165, 1.54) is 10.4 Å². The maximum atomic E-state index is 5.29. The SMILES string of the molecule is CCc1cnc(CNC(COC)c2ccccc2)s1. The van der Waals surface area contributed by atoms with Gasteiger partial charge >= 0.3 is 0 Å². The molecule has 0 fully saturated rings. The van der Waals surface area contributed by atoms with Gasteiger partial charge in [-0.1, -0.05) is 37.3 Å². The molecule has 4 heteroatoms. The van der Waals surface area contributed by atoms with E-state index in [1.54, 1.807) is 18.4 Å². The van der Waals surface area contributed by atoms with Crippen molar-refractivity contribution in [1.82, 2.24) is 10.3 Å². The van der Waals surface area contributed by atoms with Gasteiger partial charge in [0.15, 0.2) is 0 Å². The molecule has 1 heterocycles. The maximum absolute atomic E-state index is 5.29. The van der Waals surface area contributed by atoms with Crippen LogP contribution in [0.5, 0.6) is 0 Å². The summed E-state index contributed by atoms with van der Waals surface area (Å²) in [4.78, 5) is 5.76. The fourth-order valence-electron chi connectivity index (χ4n) is 1.93. The van der Waals surface area contributed by atoms with Crippen molar-refractivity contribution in [3.05, 3.63) is 52.0 Å². The Bertz CT molecular complexity index is 484. The van der Waals surface area contributed by atoms with E-state index in [0.29, 0.717) is 6.61 Å². The molecule has 1 atom stereocenters. The third-order valence-corrected chi connectivity index (χ3v) is 4.13. The number of ether oxygens (including phenoxy) is 1. The Labute approximate surface area is 118 Å². The largest absolute Gasteiger partial charge is 0.383 e. The minimum atomic E-state index is 0.208. The van der Waals surface area contributed by atoms with E-state index >= 15 is 0 Å². The summed E-state index contributed by atoms with van der Waals surface area (Å²) in [6, 6.07) is 10.6. The second kappa shape index (κ2) is 7.38. The van der Waals surface area contributed by atoms with Crippen molar-refractivity contribution in [2.24, 2.45) is 0 Å². The molecule has 0 radical (unpaired) electrons. The standard InChI is InChI=1S/C15H20N2OS/c1-3-13-9-17-15(19-13)10-16-14(11-18-2)12-7-5-4-6-8-12/h4-9,14,16H,3,10-11H2,1-2H3. The molecular weight excluding hydrogens is 256 g/mol. The molecule has 1 N–H and O–H groups in total. The number of nitrogens with one attached hydrogen (secondary N) is 1. The van der Waals surface area contributed by atoms with Gasteiger partial charge in [-0.05, 0) is 12.0 Å². The molecule has 0 amide bonds. The van der Waals surface area contributed by atoms with Crippen molar-refractivity contribution in [3.63, 3.8) is 0 Å². The van der Waals surface area contributed by atoms with Crippen LogP contribution in [-0.4, -0.2) is 18.7 Å². The van der Waals surface area contributed by atoms with E-state index in [9.17, 15) is 0 Å². The van der Waals surface area contributed by atoms with Gasteiger partial charge in [-0.15, -0.1) is 11.3 Å². The predicted octanol–water partition coefficient (Wildman–Crippen LogP) is 3.18. The molecule has 0 saturated carbocycles. The normalized spacial score (nSPS) is 12.5. The molecule has 0 aliphatic heterocycles. The van der Waals surface area contributed by atoms with Crippen LogP contribution in [0.3, 0.4) is 0 Å². The molecule has 0 aliphatic carbocycles. The lowest BCUT2D eigenvalue weighted by atomic mass is 10.1. The number of hydrogen-bond acceptors (Lipinski definition) is 4. The second-order valence-corrected chi connectivity index (χ2v) is 5.57. The fraction of sp³-hybridized carbons (Fsp3) is 0.400. The van der Waals surface area contributed by atoms with Gasteiger partial charge in [0.05, 0.1) is 12.6 Å². The van der Waals surface area contributed by atoms with Crippen LogP contribution < -0.4 is 5.32 Å². The zero-order valence-corrected chi connectivity index (χ0v) is 12.2. The molecule has 2 rings (SSSR count). The number of aromatic nitrogens is 1. The smallest absolute Gasteiger partial charge is 0.107 e. The van der Waals surface area contributed by atoms with E-state index < -0.39 is 0 Å². The minimum Gasteiger partial charge on any atom is -0.383 e. The molecule has 1 aromatic heterocycles. The molecule has 3 nitrogen and oxygen atoms in total. The average Bonchev–Trinajstić information content (AvgIpc) is 2.92. The number of aryl methyl sites for hydroxylation is 1. The van der Waals surface area contributed by atoms with Crippen LogP contribution in [0.25, 0.3) is 0 Å². The van der Waals surface area contributed by atoms with Crippen molar-refractivity contribution >= 4 is 11.3 Å². The molecule has 19 heavy (non-hydrogen) atoms. The molecule has 102 valence electrons. The summed E-state index contributed by atoms with van der Waals surface area (Å²) in [6.45, 7) is 3.60. The number of methoxy groups -OCH3 is 1. The average molecular weight is 276 g/mol. The van der Waals surface area contributed by atoms with Crippen molar-refractivity contribution in [2.75, 3.05) is 13.7 Å². The van der Waals surface area contributed by atoms with Gasteiger partial charge in [0.2, 0.25) is 0 Å². The molecule has 2 aromatic rings. The lowest BCUT2D eigenvalue weighted by molar-refractivity contribution is 0.166. The number of rotatable bonds is 7. The van der Waals surface area contributed by atoms with Crippen LogP contribution >= 0.6 is 11.3 Å². The molecule has 1 aromatic carbocycles.